The monoisotopic (exact) mass is 554 g/mol. The lowest BCUT2D eigenvalue weighted by Crippen LogP contribution is -1.84. The van der Waals surface area contributed by atoms with Crippen LogP contribution in [0.4, 0.5) is 0 Å². The van der Waals surface area contributed by atoms with Gasteiger partial charge in [0.05, 0.1) is 0 Å². The summed E-state index contributed by atoms with van der Waals surface area (Å²) in [5.41, 5.74) is 2.49. The van der Waals surface area contributed by atoms with Crippen LogP contribution in [0.5, 0.6) is 0 Å². The normalized spacial score (nSPS) is 12.1. The fraction of sp³-hybridized carbons (Fsp3) is 0. The first-order valence-corrected chi connectivity index (χ1v) is 15.3. The quantitative estimate of drug-likeness (QED) is 0.177. The van der Waals surface area contributed by atoms with Gasteiger partial charge in [0.2, 0.25) is 0 Å². The summed E-state index contributed by atoms with van der Waals surface area (Å²) < 4.78 is 0. The molecule has 0 heterocycles. The first-order chi connectivity index (χ1) is 21.7. The molecule has 0 saturated heterocycles. The van der Waals surface area contributed by atoms with Gasteiger partial charge in [-0.15, -0.1) is 0 Å². The van der Waals surface area contributed by atoms with Crippen molar-refractivity contribution in [3.05, 3.63) is 158 Å². The molecule has 0 bridgehead atoms. The second kappa shape index (κ2) is 8.89. The molecule has 0 fully saturated rings. The molecule has 0 amide bonds. The molecular formula is C44H26. The van der Waals surface area contributed by atoms with Crippen molar-refractivity contribution in [3.8, 4) is 11.1 Å². The van der Waals surface area contributed by atoms with Gasteiger partial charge in [-0.25, -0.2) is 0 Å². The number of benzene rings is 10. The largest absolute Gasteiger partial charge is 0.0616 e. The first kappa shape index (κ1) is 23.8. The van der Waals surface area contributed by atoms with Crippen LogP contribution in [0.1, 0.15) is 0 Å². The van der Waals surface area contributed by atoms with Gasteiger partial charge < -0.3 is 0 Å². The lowest BCUT2D eigenvalue weighted by molar-refractivity contribution is 1.69. The summed E-state index contributed by atoms with van der Waals surface area (Å²) in [6.45, 7) is 0. The van der Waals surface area contributed by atoms with Crippen LogP contribution in [-0.2, 0) is 0 Å². The van der Waals surface area contributed by atoms with Crippen molar-refractivity contribution in [3.63, 3.8) is 0 Å². The first-order valence-electron chi connectivity index (χ1n) is 15.3. The zero-order valence-electron chi connectivity index (χ0n) is 24.0. The summed E-state index contributed by atoms with van der Waals surface area (Å²) in [7, 11) is 0. The number of hydrogen-bond donors (Lipinski definition) is 0. The second-order valence-electron chi connectivity index (χ2n) is 12.3. The molecule has 0 aromatic heterocycles. The van der Waals surface area contributed by atoms with Gasteiger partial charge in [-0.2, -0.15) is 0 Å². The average Bonchev–Trinajstić information content (AvgIpc) is 3.05. The molecule has 0 aliphatic carbocycles. The van der Waals surface area contributed by atoms with Gasteiger partial charge in [0.1, 0.15) is 0 Å². The third-order valence-corrected chi connectivity index (χ3v) is 9.56. The van der Waals surface area contributed by atoms with Crippen molar-refractivity contribution in [2.75, 3.05) is 0 Å². The Kier molecular flexibility index (Phi) is 4.81. The predicted molar refractivity (Wildman–Crippen MR) is 192 cm³/mol. The van der Waals surface area contributed by atoms with E-state index in [2.05, 4.69) is 158 Å². The highest BCUT2D eigenvalue weighted by atomic mass is 14.1. The topological polar surface area (TPSA) is 0 Å². The lowest BCUT2D eigenvalue weighted by atomic mass is 9.94. The molecule has 10 aromatic rings. The molecular weight excluding hydrogens is 528 g/mol. The summed E-state index contributed by atoms with van der Waals surface area (Å²) in [5.74, 6) is 0. The van der Waals surface area contributed by atoms with Crippen LogP contribution in [0.15, 0.2) is 158 Å². The van der Waals surface area contributed by atoms with E-state index in [0.29, 0.717) is 0 Å². The van der Waals surface area contributed by atoms with E-state index in [1.165, 1.54) is 97.3 Å². The van der Waals surface area contributed by atoms with E-state index in [9.17, 15) is 0 Å². The maximum atomic E-state index is 2.35. The smallest absolute Gasteiger partial charge is 0.0171 e. The van der Waals surface area contributed by atoms with E-state index >= 15 is 0 Å². The number of rotatable bonds is 1. The Bertz CT molecular complexity index is 2620. The maximum Gasteiger partial charge on any atom is -0.0171 e. The van der Waals surface area contributed by atoms with Crippen LogP contribution in [0.3, 0.4) is 0 Å². The van der Waals surface area contributed by atoms with Crippen LogP contribution in [0.2, 0.25) is 0 Å². The Balaban J connectivity index is 1.09. The third-order valence-electron chi connectivity index (χ3n) is 9.56. The van der Waals surface area contributed by atoms with Crippen molar-refractivity contribution in [1.29, 1.82) is 0 Å². The predicted octanol–water partition coefficient (Wildman–Crippen LogP) is 12.6. The highest BCUT2D eigenvalue weighted by Gasteiger charge is 2.08. The van der Waals surface area contributed by atoms with Gasteiger partial charge in [0, 0.05) is 0 Å². The molecule has 0 saturated carbocycles. The molecule has 202 valence electrons. The number of fused-ring (bicyclic) bond motifs is 8. The molecule has 44 heavy (non-hydrogen) atoms. The summed E-state index contributed by atoms with van der Waals surface area (Å²) >= 11 is 0. The fourth-order valence-electron chi connectivity index (χ4n) is 7.25. The minimum atomic E-state index is 1.25. The van der Waals surface area contributed by atoms with Crippen LogP contribution in [-0.4, -0.2) is 0 Å². The van der Waals surface area contributed by atoms with Gasteiger partial charge in [-0.3, -0.25) is 0 Å². The molecule has 0 aliphatic heterocycles. The zero-order chi connectivity index (χ0) is 28.8. The van der Waals surface area contributed by atoms with Crippen molar-refractivity contribution >= 4 is 86.2 Å². The Morgan fingerprint density at radius 3 is 0.636 bits per heavy atom. The third kappa shape index (κ3) is 3.71. The van der Waals surface area contributed by atoms with E-state index < -0.39 is 0 Å². The van der Waals surface area contributed by atoms with Crippen LogP contribution in [0, 0.1) is 0 Å². The fourth-order valence-corrected chi connectivity index (χ4v) is 7.25. The zero-order valence-corrected chi connectivity index (χ0v) is 24.0. The van der Waals surface area contributed by atoms with Gasteiger partial charge in [-0.1, -0.05) is 72.8 Å². The molecule has 0 heteroatoms. The molecule has 0 nitrogen and oxygen atoms in total. The van der Waals surface area contributed by atoms with Gasteiger partial charge in [-0.05, 0) is 182 Å². The second-order valence-corrected chi connectivity index (χ2v) is 12.3. The molecule has 10 rings (SSSR count). The highest BCUT2D eigenvalue weighted by Crippen LogP contribution is 2.35. The van der Waals surface area contributed by atoms with E-state index in [0.717, 1.165) is 0 Å². The molecule has 0 spiro atoms. The molecule has 0 aliphatic rings. The van der Waals surface area contributed by atoms with Crippen molar-refractivity contribution in [2.24, 2.45) is 0 Å². The summed E-state index contributed by atoms with van der Waals surface area (Å²) in [6, 6.07) is 59.0. The van der Waals surface area contributed by atoms with Gasteiger partial charge in [0.15, 0.2) is 0 Å². The Morgan fingerprint density at radius 1 is 0.159 bits per heavy atom. The summed E-state index contributed by atoms with van der Waals surface area (Å²) in [4.78, 5) is 0. The Hall–Kier alpha value is -5.72. The number of hydrogen-bond acceptors (Lipinski definition) is 0. The van der Waals surface area contributed by atoms with E-state index in [-0.39, 0.29) is 0 Å². The van der Waals surface area contributed by atoms with Crippen molar-refractivity contribution < 1.29 is 0 Å². The molecule has 0 radical (unpaired) electrons. The minimum absolute atomic E-state index is 1.25. The molecule has 10 aromatic carbocycles. The average molecular weight is 555 g/mol. The van der Waals surface area contributed by atoms with Crippen molar-refractivity contribution in [2.45, 2.75) is 0 Å². The van der Waals surface area contributed by atoms with E-state index in [1.807, 2.05) is 0 Å². The SMILES string of the molecule is c1ccc2cc3cc4cc5cc(-c6ccc7cc8cc9cc%10ccccc%10cc9cc8cc7c6)ccc5cc4cc3cc2c1. The summed E-state index contributed by atoms with van der Waals surface area (Å²) in [6.07, 6.45) is 0. The van der Waals surface area contributed by atoms with Crippen LogP contribution < -0.4 is 0 Å². The molecule has 0 unspecified atom stereocenters. The molecule has 0 N–H and O–H groups in total. The van der Waals surface area contributed by atoms with Crippen LogP contribution in [0.25, 0.3) is 97.3 Å². The minimum Gasteiger partial charge on any atom is -0.0616 e. The lowest BCUT2D eigenvalue weighted by Gasteiger charge is -2.10. The van der Waals surface area contributed by atoms with Gasteiger partial charge in [0.25, 0.3) is 0 Å². The van der Waals surface area contributed by atoms with Crippen LogP contribution >= 0.6 is 0 Å². The maximum absolute atomic E-state index is 2.35. The Labute approximate surface area is 254 Å². The van der Waals surface area contributed by atoms with Gasteiger partial charge >= 0.3 is 0 Å². The van der Waals surface area contributed by atoms with E-state index in [1.54, 1.807) is 0 Å². The standard InChI is InChI=1S/C44H26/c1-3-7-29-15-39-25-43-21-35-17-31(9-11-33(35)19-41(43)23-37(39)13-27(29)5-1)32-10-12-34-20-42-24-38-14-28-6-2-4-8-30(28)16-40(38)26-44(42)22-36(34)18-32/h1-26H. The summed E-state index contributed by atoms with van der Waals surface area (Å²) in [5, 5.41) is 20.5. The van der Waals surface area contributed by atoms with Crippen molar-refractivity contribution in [1.82, 2.24) is 0 Å². The van der Waals surface area contributed by atoms with E-state index in [4.69, 9.17) is 0 Å². The Morgan fingerprint density at radius 2 is 0.364 bits per heavy atom. The molecule has 0 atom stereocenters. The highest BCUT2D eigenvalue weighted by molar-refractivity contribution is 6.10.